The first-order valence-corrected chi connectivity index (χ1v) is 8.41. The Bertz CT molecular complexity index is 752. The van der Waals surface area contributed by atoms with Crippen molar-refractivity contribution in [1.82, 2.24) is 15.2 Å². The van der Waals surface area contributed by atoms with Crippen LogP contribution < -0.4 is 5.32 Å². The van der Waals surface area contributed by atoms with Crippen LogP contribution in [0.4, 0.5) is 4.79 Å². The van der Waals surface area contributed by atoms with Crippen molar-refractivity contribution in [2.45, 2.75) is 39.3 Å². The summed E-state index contributed by atoms with van der Waals surface area (Å²) in [4.78, 5) is 18.8. The van der Waals surface area contributed by atoms with E-state index in [9.17, 15) is 4.79 Å². The summed E-state index contributed by atoms with van der Waals surface area (Å²) in [6, 6.07) is 10.3. The number of amides is 1. The minimum atomic E-state index is -0.475. The van der Waals surface area contributed by atoms with Gasteiger partial charge in [0.2, 0.25) is 0 Å². The molecule has 1 aromatic carbocycles. The van der Waals surface area contributed by atoms with Crippen LogP contribution in [-0.4, -0.2) is 41.2 Å². The minimum Gasteiger partial charge on any atom is -0.444 e. The second kappa shape index (κ2) is 6.40. The molecule has 2 aromatic rings. The van der Waals surface area contributed by atoms with Crippen LogP contribution in [0.15, 0.2) is 30.3 Å². The number of nitrogens with one attached hydrogen (secondary N) is 1. The van der Waals surface area contributed by atoms with E-state index in [4.69, 9.17) is 4.74 Å². The molecular formula is C19H25N3O2. The number of hydrogen-bond acceptors (Lipinski definition) is 4. The monoisotopic (exact) mass is 327 g/mol. The zero-order valence-electron chi connectivity index (χ0n) is 14.8. The highest BCUT2D eigenvalue weighted by atomic mass is 16.6. The second-order valence-electron chi connectivity index (χ2n) is 7.30. The Morgan fingerprint density at radius 2 is 2.08 bits per heavy atom. The summed E-state index contributed by atoms with van der Waals surface area (Å²) in [5.41, 5.74) is 2.69. The average molecular weight is 327 g/mol. The molecule has 3 rings (SSSR count). The SMILES string of the molecule is Cc1cc(C2CN(C(=O)OC(C)(C)C)CCN2)c2ccccc2n1. The first-order valence-electron chi connectivity index (χ1n) is 8.41. The highest BCUT2D eigenvalue weighted by Crippen LogP contribution is 2.26. The molecule has 1 aliphatic heterocycles. The van der Waals surface area contributed by atoms with E-state index in [1.165, 1.54) is 5.56 Å². The molecule has 1 fully saturated rings. The summed E-state index contributed by atoms with van der Waals surface area (Å²) >= 11 is 0. The molecule has 1 aromatic heterocycles. The number of carbonyl (C=O) groups excluding carboxylic acids is 1. The van der Waals surface area contributed by atoms with E-state index >= 15 is 0 Å². The van der Waals surface area contributed by atoms with Gasteiger partial charge < -0.3 is 15.0 Å². The molecule has 0 bridgehead atoms. The van der Waals surface area contributed by atoms with E-state index in [-0.39, 0.29) is 12.1 Å². The van der Waals surface area contributed by atoms with E-state index < -0.39 is 5.60 Å². The lowest BCUT2D eigenvalue weighted by atomic mass is 9.99. The van der Waals surface area contributed by atoms with Gasteiger partial charge in [-0.2, -0.15) is 0 Å². The van der Waals surface area contributed by atoms with Gasteiger partial charge in [0.25, 0.3) is 0 Å². The number of benzene rings is 1. The topological polar surface area (TPSA) is 54.5 Å². The average Bonchev–Trinajstić information content (AvgIpc) is 2.52. The fraction of sp³-hybridized carbons (Fsp3) is 0.474. The fourth-order valence-corrected chi connectivity index (χ4v) is 3.08. The van der Waals surface area contributed by atoms with E-state index in [2.05, 4.69) is 22.4 Å². The van der Waals surface area contributed by atoms with Gasteiger partial charge in [-0.15, -0.1) is 0 Å². The zero-order valence-corrected chi connectivity index (χ0v) is 14.8. The molecule has 2 heterocycles. The van der Waals surface area contributed by atoms with Gasteiger partial charge in [0, 0.05) is 30.7 Å². The molecule has 1 N–H and O–H groups in total. The number of pyridine rings is 1. The quantitative estimate of drug-likeness (QED) is 0.872. The summed E-state index contributed by atoms with van der Waals surface area (Å²) < 4.78 is 5.52. The lowest BCUT2D eigenvalue weighted by Gasteiger charge is -2.35. The molecule has 1 saturated heterocycles. The van der Waals surface area contributed by atoms with Gasteiger partial charge in [0.05, 0.1) is 11.6 Å². The van der Waals surface area contributed by atoms with Gasteiger partial charge in [-0.3, -0.25) is 4.98 Å². The van der Waals surface area contributed by atoms with Crippen molar-refractivity contribution in [2.75, 3.05) is 19.6 Å². The van der Waals surface area contributed by atoms with Crippen LogP contribution in [0, 0.1) is 6.92 Å². The molecule has 1 aliphatic rings. The number of carbonyl (C=O) groups is 1. The number of fused-ring (bicyclic) bond motifs is 1. The molecule has 1 amide bonds. The van der Waals surface area contributed by atoms with Crippen LogP contribution >= 0.6 is 0 Å². The molecule has 0 saturated carbocycles. The van der Waals surface area contributed by atoms with Crippen molar-refractivity contribution in [1.29, 1.82) is 0 Å². The van der Waals surface area contributed by atoms with Crippen LogP contribution in [0.1, 0.15) is 38.1 Å². The number of nitrogens with zero attached hydrogens (tertiary/aromatic N) is 2. The van der Waals surface area contributed by atoms with Crippen LogP contribution in [0.3, 0.4) is 0 Å². The number of aryl methyl sites for hydroxylation is 1. The Morgan fingerprint density at radius 1 is 1.33 bits per heavy atom. The standard InChI is InChI=1S/C19H25N3O2/c1-13-11-15(14-7-5-6-8-16(14)21-13)17-12-22(10-9-20-17)18(23)24-19(2,3)4/h5-8,11,17,20H,9-10,12H2,1-4H3. The summed E-state index contributed by atoms with van der Waals surface area (Å²) in [5.74, 6) is 0. The maximum atomic E-state index is 12.4. The first-order chi connectivity index (χ1) is 11.3. The fourth-order valence-electron chi connectivity index (χ4n) is 3.08. The molecule has 5 nitrogen and oxygen atoms in total. The molecule has 24 heavy (non-hydrogen) atoms. The van der Waals surface area contributed by atoms with Crippen molar-refractivity contribution in [3.63, 3.8) is 0 Å². The van der Waals surface area contributed by atoms with Gasteiger partial charge >= 0.3 is 6.09 Å². The Kier molecular flexibility index (Phi) is 4.45. The molecule has 1 unspecified atom stereocenters. The van der Waals surface area contributed by atoms with Crippen molar-refractivity contribution in [3.8, 4) is 0 Å². The van der Waals surface area contributed by atoms with Gasteiger partial charge in [0.15, 0.2) is 0 Å². The predicted molar refractivity (Wildman–Crippen MR) is 95.0 cm³/mol. The molecular weight excluding hydrogens is 302 g/mol. The van der Waals surface area contributed by atoms with Crippen molar-refractivity contribution < 1.29 is 9.53 Å². The lowest BCUT2D eigenvalue weighted by Crippen LogP contribution is -2.49. The molecule has 0 radical (unpaired) electrons. The third kappa shape index (κ3) is 3.67. The summed E-state index contributed by atoms with van der Waals surface area (Å²) in [6.45, 7) is 9.69. The molecule has 5 heteroatoms. The van der Waals surface area contributed by atoms with Gasteiger partial charge in [-0.25, -0.2) is 4.79 Å². The maximum Gasteiger partial charge on any atom is 0.410 e. The third-order valence-electron chi connectivity index (χ3n) is 4.08. The number of hydrogen-bond donors (Lipinski definition) is 1. The van der Waals surface area contributed by atoms with Crippen LogP contribution in [0.2, 0.25) is 0 Å². The van der Waals surface area contributed by atoms with E-state index in [0.29, 0.717) is 13.1 Å². The molecule has 0 spiro atoms. The van der Waals surface area contributed by atoms with Crippen molar-refractivity contribution in [2.24, 2.45) is 0 Å². The summed E-state index contributed by atoms with van der Waals surface area (Å²) in [7, 11) is 0. The Hall–Kier alpha value is -2.14. The van der Waals surface area contributed by atoms with Gasteiger partial charge in [0.1, 0.15) is 5.60 Å². The van der Waals surface area contributed by atoms with Crippen LogP contribution in [-0.2, 0) is 4.74 Å². The molecule has 1 atom stereocenters. The van der Waals surface area contributed by atoms with Crippen molar-refractivity contribution >= 4 is 17.0 Å². The summed E-state index contributed by atoms with van der Waals surface area (Å²) in [6.07, 6.45) is -0.246. The van der Waals surface area contributed by atoms with Gasteiger partial charge in [-0.05, 0) is 45.4 Å². The summed E-state index contributed by atoms with van der Waals surface area (Å²) in [5, 5.41) is 4.66. The zero-order chi connectivity index (χ0) is 17.3. The largest absolute Gasteiger partial charge is 0.444 e. The third-order valence-corrected chi connectivity index (χ3v) is 4.08. The van der Waals surface area contributed by atoms with E-state index in [1.807, 2.05) is 45.9 Å². The number of aromatic nitrogens is 1. The number of rotatable bonds is 1. The highest BCUT2D eigenvalue weighted by molar-refractivity contribution is 5.83. The Morgan fingerprint density at radius 3 is 2.83 bits per heavy atom. The number of para-hydroxylation sites is 1. The number of ether oxygens (including phenoxy) is 1. The minimum absolute atomic E-state index is 0.0814. The lowest BCUT2D eigenvalue weighted by molar-refractivity contribution is 0.0195. The first kappa shape index (κ1) is 16.7. The van der Waals surface area contributed by atoms with Crippen LogP contribution in [0.25, 0.3) is 10.9 Å². The van der Waals surface area contributed by atoms with Gasteiger partial charge in [-0.1, -0.05) is 18.2 Å². The van der Waals surface area contributed by atoms with Crippen LogP contribution in [0.5, 0.6) is 0 Å². The molecule has 128 valence electrons. The maximum absolute atomic E-state index is 12.4. The second-order valence-corrected chi connectivity index (χ2v) is 7.30. The van der Waals surface area contributed by atoms with E-state index in [0.717, 1.165) is 23.1 Å². The normalized spacial score (nSPS) is 18.7. The van der Waals surface area contributed by atoms with Crippen molar-refractivity contribution in [3.05, 3.63) is 41.6 Å². The molecule has 0 aliphatic carbocycles. The predicted octanol–water partition coefficient (Wildman–Crippen LogP) is 3.42. The Labute approximate surface area is 143 Å². The Balaban J connectivity index is 1.86. The highest BCUT2D eigenvalue weighted by Gasteiger charge is 2.28. The number of piperazine rings is 1. The van der Waals surface area contributed by atoms with E-state index in [1.54, 1.807) is 4.90 Å². The smallest absolute Gasteiger partial charge is 0.410 e.